The lowest BCUT2D eigenvalue weighted by atomic mass is 9.85. The maximum absolute atomic E-state index is 13.4. The highest BCUT2D eigenvalue weighted by Gasteiger charge is 2.39. The molecular weight excluding hydrogens is 418 g/mol. The number of sulfonamides is 1. The van der Waals surface area contributed by atoms with Crippen LogP contribution in [-0.2, 0) is 10.0 Å². The van der Waals surface area contributed by atoms with Gasteiger partial charge >= 0.3 is 0 Å². The summed E-state index contributed by atoms with van der Waals surface area (Å²) in [5, 5.41) is 4.72. The summed E-state index contributed by atoms with van der Waals surface area (Å²) in [4.78, 5) is 0. The number of hydrogen-bond acceptors (Lipinski definition) is 4. The Morgan fingerprint density at radius 2 is 1.88 bits per heavy atom. The third-order valence-corrected chi connectivity index (χ3v) is 7.17. The van der Waals surface area contributed by atoms with Gasteiger partial charge in [-0.3, -0.25) is 4.31 Å². The van der Waals surface area contributed by atoms with Crippen molar-refractivity contribution in [1.82, 2.24) is 4.31 Å². The minimum Gasteiger partial charge on any atom is -0.399 e. The highest BCUT2D eigenvalue weighted by Crippen LogP contribution is 2.46. The lowest BCUT2D eigenvalue weighted by molar-refractivity contribution is 0.364. The fourth-order valence-corrected chi connectivity index (χ4v) is 5.57. The quantitative estimate of drug-likeness (QED) is 0.586. The molecule has 6 heteroatoms. The van der Waals surface area contributed by atoms with Crippen molar-refractivity contribution in [3.63, 3.8) is 0 Å². The monoisotopic (exact) mass is 445 g/mol. The van der Waals surface area contributed by atoms with Crippen LogP contribution in [0.25, 0.3) is 6.08 Å². The highest BCUT2D eigenvalue weighted by molar-refractivity contribution is 7.92. The summed E-state index contributed by atoms with van der Waals surface area (Å²) in [6.45, 7) is 4.28. The van der Waals surface area contributed by atoms with Crippen molar-refractivity contribution in [3.8, 4) is 0 Å². The Kier molecular flexibility index (Phi) is 6.32. The summed E-state index contributed by atoms with van der Waals surface area (Å²) in [7, 11) is -3.68. The summed E-state index contributed by atoms with van der Waals surface area (Å²) >= 11 is 0. The van der Waals surface area contributed by atoms with Crippen LogP contribution in [0.2, 0.25) is 0 Å². The second-order valence-corrected chi connectivity index (χ2v) is 9.47. The Labute approximate surface area is 190 Å². The molecular formula is C26H27N3O2S. The third kappa shape index (κ3) is 4.41. The number of hydrogen-bond donors (Lipinski definition) is 2. The summed E-state index contributed by atoms with van der Waals surface area (Å²) in [6, 6.07) is 15.8. The molecule has 0 radical (unpaired) electrons. The molecule has 2 aliphatic rings. The van der Waals surface area contributed by atoms with Gasteiger partial charge in [-0.25, -0.2) is 8.42 Å². The molecule has 0 fully saturated rings. The van der Waals surface area contributed by atoms with Gasteiger partial charge in [0.25, 0.3) is 10.0 Å². The normalized spacial score (nSPS) is 20.4. The molecule has 2 aliphatic heterocycles. The van der Waals surface area contributed by atoms with E-state index in [4.69, 9.17) is 5.73 Å². The minimum atomic E-state index is -3.68. The van der Waals surface area contributed by atoms with E-state index in [-0.39, 0.29) is 12.0 Å². The molecule has 0 saturated heterocycles. The molecule has 0 bridgehead atoms. The van der Waals surface area contributed by atoms with Gasteiger partial charge in [0.05, 0.1) is 6.04 Å². The Bertz CT molecular complexity index is 1230. The first-order valence-corrected chi connectivity index (χ1v) is 12.1. The van der Waals surface area contributed by atoms with Gasteiger partial charge in [0.2, 0.25) is 0 Å². The third-order valence-electron chi connectivity index (χ3n) is 5.70. The molecule has 0 aromatic heterocycles. The van der Waals surface area contributed by atoms with E-state index in [0.29, 0.717) is 18.7 Å². The van der Waals surface area contributed by atoms with Crippen LogP contribution in [0.15, 0.2) is 103 Å². The summed E-state index contributed by atoms with van der Waals surface area (Å²) < 4.78 is 28.2. The van der Waals surface area contributed by atoms with Gasteiger partial charge in [-0.2, -0.15) is 0 Å². The van der Waals surface area contributed by atoms with Crippen LogP contribution in [0.5, 0.6) is 0 Å². The van der Waals surface area contributed by atoms with E-state index < -0.39 is 10.0 Å². The second kappa shape index (κ2) is 9.32. The van der Waals surface area contributed by atoms with Crippen molar-refractivity contribution in [2.75, 3.05) is 11.9 Å². The molecule has 3 N–H and O–H groups in total. The van der Waals surface area contributed by atoms with Gasteiger partial charge in [0.15, 0.2) is 0 Å². The minimum absolute atomic E-state index is 0.00390. The van der Waals surface area contributed by atoms with E-state index in [0.717, 1.165) is 22.4 Å². The number of nitrogens with two attached hydrogens (primary N) is 1. The molecule has 5 nitrogen and oxygen atoms in total. The van der Waals surface area contributed by atoms with Crippen LogP contribution in [0.4, 0.5) is 5.69 Å². The fraction of sp³-hybridized carbons (Fsp3) is 0.154. The maximum Gasteiger partial charge on any atom is 0.257 e. The van der Waals surface area contributed by atoms with Crippen LogP contribution in [0, 0.1) is 0 Å². The molecule has 2 aromatic rings. The van der Waals surface area contributed by atoms with Crippen molar-refractivity contribution >= 4 is 21.8 Å². The first kappa shape index (κ1) is 21.7. The van der Waals surface area contributed by atoms with E-state index >= 15 is 0 Å². The average molecular weight is 446 g/mol. The fourth-order valence-electron chi connectivity index (χ4n) is 4.27. The first-order chi connectivity index (χ1) is 15.5. The molecule has 32 heavy (non-hydrogen) atoms. The number of para-hydroxylation sites is 1. The summed E-state index contributed by atoms with van der Waals surface area (Å²) in [5.74, 6) is 0.00390. The number of nitrogens with zero attached hydrogens (tertiary/aromatic N) is 1. The number of nitrogens with one attached hydrogen (secondary N) is 1. The lowest BCUT2D eigenvalue weighted by Gasteiger charge is -2.37. The van der Waals surface area contributed by atoms with Crippen molar-refractivity contribution in [2.45, 2.75) is 18.4 Å². The molecule has 0 spiro atoms. The second-order valence-electron chi connectivity index (χ2n) is 7.75. The topological polar surface area (TPSA) is 75.4 Å². The lowest BCUT2D eigenvalue weighted by Crippen LogP contribution is -2.35. The number of rotatable bonds is 7. The van der Waals surface area contributed by atoms with Crippen molar-refractivity contribution in [1.29, 1.82) is 0 Å². The van der Waals surface area contributed by atoms with E-state index in [1.165, 1.54) is 9.71 Å². The highest BCUT2D eigenvalue weighted by atomic mass is 32.2. The van der Waals surface area contributed by atoms with Crippen LogP contribution in [0.3, 0.4) is 0 Å². The zero-order valence-corrected chi connectivity index (χ0v) is 18.6. The molecule has 164 valence electrons. The van der Waals surface area contributed by atoms with Crippen molar-refractivity contribution < 1.29 is 8.42 Å². The molecule has 0 aliphatic carbocycles. The molecule has 2 atom stereocenters. The van der Waals surface area contributed by atoms with Gasteiger partial charge in [0, 0.05) is 35.5 Å². The van der Waals surface area contributed by atoms with Crippen LogP contribution < -0.4 is 11.1 Å². The molecule has 2 heterocycles. The van der Waals surface area contributed by atoms with Gasteiger partial charge in [-0.15, -0.1) is 0 Å². The standard InChI is InChI=1S/C26H27N3O2S/c1-2-10-21(27)12-4-3-9-18-32(30,31)29-17-16-20-11-5-6-13-22(20)26(29)24-19-28-25-15-8-7-14-23(24)25/h2,4-18,24,26,28H,1,3,19,27H2/b12-4-,18-9+,21-10+. The Hall–Kier alpha value is -3.51. The maximum atomic E-state index is 13.4. The van der Waals surface area contributed by atoms with Gasteiger partial charge in [-0.1, -0.05) is 67.3 Å². The zero-order valence-electron chi connectivity index (χ0n) is 17.8. The van der Waals surface area contributed by atoms with Crippen molar-refractivity contribution in [2.24, 2.45) is 5.73 Å². The number of fused-ring (bicyclic) bond motifs is 2. The summed E-state index contributed by atoms with van der Waals surface area (Å²) in [6.07, 6.45) is 12.5. The van der Waals surface area contributed by atoms with Gasteiger partial charge in [0.1, 0.15) is 0 Å². The zero-order chi connectivity index (χ0) is 22.6. The van der Waals surface area contributed by atoms with E-state index in [1.807, 2.05) is 54.6 Å². The first-order valence-electron chi connectivity index (χ1n) is 10.6. The predicted molar refractivity (Wildman–Crippen MR) is 132 cm³/mol. The number of anilines is 1. The Morgan fingerprint density at radius 1 is 1.12 bits per heavy atom. The van der Waals surface area contributed by atoms with Crippen LogP contribution >= 0.6 is 0 Å². The van der Waals surface area contributed by atoms with Gasteiger partial charge < -0.3 is 11.1 Å². The van der Waals surface area contributed by atoms with Gasteiger partial charge in [-0.05, 0) is 47.4 Å². The Morgan fingerprint density at radius 3 is 2.69 bits per heavy atom. The van der Waals surface area contributed by atoms with Crippen LogP contribution in [-0.4, -0.2) is 19.3 Å². The number of benzene rings is 2. The molecule has 4 rings (SSSR count). The summed E-state index contributed by atoms with van der Waals surface area (Å²) in [5.41, 5.74) is 10.6. The predicted octanol–water partition coefficient (Wildman–Crippen LogP) is 5.04. The largest absolute Gasteiger partial charge is 0.399 e. The Balaban J connectivity index is 1.64. The smallest absolute Gasteiger partial charge is 0.257 e. The molecule has 0 amide bonds. The SMILES string of the molecule is C=C/C=C(N)\C=C/C/C=C/S(=O)(=O)N1C=Cc2ccccc2C1C1CNc2ccccc21. The van der Waals surface area contributed by atoms with E-state index in [2.05, 4.69) is 18.0 Å². The number of allylic oxidation sites excluding steroid dienone is 5. The average Bonchev–Trinajstić information content (AvgIpc) is 3.22. The van der Waals surface area contributed by atoms with E-state index in [9.17, 15) is 8.42 Å². The molecule has 0 saturated carbocycles. The molecule has 2 unspecified atom stereocenters. The molecule has 2 aromatic carbocycles. The van der Waals surface area contributed by atoms with Crippen LogP contribution in [0.1, 0.15) is 35.1 Å². The van der Waals surface area contributed by atoms with E-state index in [1.54, 1.807) is 30.5 Å². The van der Waals surface area contributed by atoms with Crippen molar-refractivity contribution in [3.05, 3.63) is 119 Å².